The lowest BCUT2D eigenvalue weighted by Crippen LogP contribution is -2.24. The van der Waals surface area contributed by atoms with Crippen molar-refractivity contribution in [2.45, 2.75) is 12.8 Å². The summed E-state index contributed by atoms with van der Waals surface area (Å²) in [6.07, 6.45) is 3.66. The van der Waals surface area contributed by atoms with E-state index in [4.69, 9.17) is 0 Å². The molecule has 0 aliphatic heterocycles. The Morgan fingerprint density at radius 1 is 1.20 bits per heavy atom. The van der Waals surface area contributed by atoms with Crippen molar-refractivity contribution in [3.05, 3.63) is 66.1 Å². The lowest BCUT2D eigenvalue weighted by atomic mass is 10.1. The third-order valence-electron chi connectivity index (χ3n) is 4.46. The van der Waals surface area contributed by atoms with Gasteiger partial charge in [-0.2, -0.15) is 0 Å². The molecule has 1 amide bonds. The zero-order valence-electron chi connectivity index (χ0n) is 14.1. The van der Waals surface area contributed by atoms with E-state index in [1.165, 1.54) is 0 Å². The molecule has 4 aromatic rings. The van der Waals surface area contributed by atoms with Crippen LogP contribution in [0.2, 0.25) is 0 Å². The Labute approximate surface area is 145 Å². The third-order valence-corrected chi connectivity index (χ3v) is 4.46. The molecule has 126 valence electrons. The fourth-order valence-corrected chi connectivity index (χ4v) is 3.09. The van der Waals surface area contributed by atoms with Crippen molar-refractivity contribution in [3.63, 3.8) is 0 Å². The van der Waals surface area contributed by atoms with Gasteiger partial charge >= 0.3 is 0 Å². The average molecular weight is 332 g/mol. The van der Waals surface area contributed by atoms with E-state index in [9.17, 15) is 4.79 Å². The van der Waals surface area contributed by atoms with Crippen LogP contribution in [0.25, 0.3) is 21.9 Å². The zero-order chi connectivity index (χ0) is 17.2. The number of nitrogens with one attached hydrogen (secondary N) is 2. The largest absolute Gasteiger partial charge is 0.352 e. The summed E-state index contributed by atoms with van der Waals surface area (Å²) in [5.41, 5.74) is 3.79. The second-order valence-electron chi connectivity index (χ2n) is 6.26. The van der Waals surface area contributed by atoms with Crippen LogP contribution in [-0.4, -0.2) is 27.0 Å². The highest BCUT2D eigenvalue weighted by Crippen LogP contribution is 2.16. The van der Waals surface area contributed by atoms with E-state index >= 15 is 0 Å². The molecule has 2 N–H and O–H groups in total. The van der Waals surface area contributed by atoms with Crippen molar-refractivity contribution in [1.29, 1.82) is 0 Å². The van der Waals surface area contributed by atoms with Crippen LogP contribution in [0.3, 0.4) is 0 Å². The van der Waals surface area contributed by atoms with Crippen molar-refractivity contribution < 1.29 is 4.79 Å². The van der Waals surface area contributed by atoms with Gasteiger partial charge in [0.2, 0.25) is 0 Å². The normalized spacial score (nSPS) is 11.2. The predicted octanol–water partition coefficient (Wildman–Crippen LogP) is 3.42. The van der Waals surface area contributed by atoms with Gasteiger partial charge in [-0.25, -0.2) is 4.98 Å². The minimum Gasteiger partial charge on any atom is -0.352 e. The fourth-order valence-electron chi connectivity index (χ4n) is 3.09. The third kappa shape index (κ3) is 3.13. The van der Waals surface area contributed by atoms with Gasteiger partial charge in [0.05, 0.1) is 11.0 Å². The standard InChI is InChI=1S/C20H20N4O/c1-24-12-10-14-8-9-15(13-18(14)24)20(25)21-11-4-7-19-22-16-5-2-3-6-17(16)23-19/h2-3,5-6,8-10,12-13H,4,7,11H2,1H3,(H,21,25)(H,22,23). The number of H-pyrrole nitrogens is 1. The summed E-state index contributed by atoms with van der Waals surface area (Å²) in [4.78, 5) is 20.2. The molecule has 5 nitrogen and oxygen atoms in total. The topological polar surface area (TPSA) is 62.7 Å². The molecule has 4 rings (SSSR count). The molecule has 5 heteroatoms. The number of carbonyl (C=O) groups excluding carboxylic acids is 1. The number of para-hydroxylation sites is 2. The number of aromatic nitrogens is 3. The highest BCUT2D eigenvalue weighted by atomic mass is 16.1. The van der Waals surface area contributed by atoms with Gasteiger partial charge in [0.15, 0.2) is 0 Å². The minimum atomic E-state index is -0.0345. The Morgan fingerprint density at radius 3 is 2.96 bits per heavy atom. The van der Waals surface area contributed by atoms with Gasteiger partial charge in [-0.05, 0) is 42.1 Å². The molecule has 2 aromatic carbocycles. The van der Waals surface area contributed by atoms with E-state index in [1.807, 2.05) is 66.3 Å². The van der Waals surface area contributed by atoms with Crippen LogP contribution >= 0.6 is 0 Å². The molecule has 0 atom stereocenters. The summed E-state index contributed by atoms with van der Waals surface area (Å²) in [7, 11) is 1.98. The van der Waals surface area contributed by atoms with Gasteiger partial charge in [-0.1, -0.05) is 18.2 Å². The summed E-state index contributed by atoms with van der Waals surface area (Å²) < 4.78 is 2.02. The van der Waals surface area contributed by atoms with Crippen LogP contribution in [0, 0.1) is 0 Å². The summed E-state index contributed by atoms with van der Waals surface area (Å²) in [5.74, 6) is 0.924. The van der Waals surface area contributed by atoms with E-state index in [1.54, 1.807) is 0 Å². The van der Waals surface area contributed by atoms with Crippen molar-refractivity contribution in [2.75, 3.05) is 6.54 Å². The molecular formula is C20H20N4O. The van der Waals surface area contributed by atoms with Crippen molar-refractivity contribution in [1.82, 2.24) is 19.9 Å². The van der Waals surface area contributed by atoms with Crippen LogP contribution in [0.5, 0.6) is 0 Å². The molecule has 0 radical (unpaired) electrons. The quantitative estimate of drug-likeness (QED) is 0.550. The van der Waals surface area contributed by atoms with Crippen LogP contribution < -0.4 is 5.32 Å². The predicted molar refractivity (Wildman–Crippen MR) is 99.7 cm³/mol. The SMILES string of the molecule is Cn1ccc2ccc(C(=O)NCCCc3nc4ccccc4[nH]3)cc21. The first kappa shape index (κ1) is 15.4. The Hall–Kier alpha value is -3.08. The number of fused-ring (bicyclic) bond motifs is 2. The van der Waals surface area contributed by atoms with E-state index in [-0.39, 0.29) is 5.91 Å². The second-order valence-corrected chi connectivity index (χ2v) is 6.26. The molecule has 2 heterocycles. The fraction of sp³-hybridized carbons (Fsp3) is 0.200. The number of aryl methyl sites for hydroxylation is 2. The number of aromatic amines is 1. The summed E-state index contributed by atoms with van der Waals surface area (Å²) in [6, 6.07) is 15.8. The molecule has 0 fully saturated rings. The molecule has 0 saturated heterocycles. The monoisotopic (exact) mass is 332 g/mol. The molecule has 25 heavy (non-hydrogen) atoms. The molecule has 0 saturated carbocycles. The van der Waals surface area contributed by atoms with Crippen molar-refractivity contribution in [2.24, 2.45) is 7.05 Å². The number of amides is 1. The highest BCUT2D eigenvalue weighted by molar-refractivity contribution is 5.98. The van der Waals surface area contributed by atoms with Gasteiger partial charge in [0.25, 0.3) is 5.91 Å². The minimum absolute atomic E-state index is 0.0345. The number of benzene rings is 2. The second kappa shape index (κ2) is 6.43. The maximum atomic E-state index is 12.3. The maximum absolute atomic E-state index is 12.3. The number of hydrogen-bond donors (Lipinski definition) is 2. The molecule has 0 aliphatic rings. The lowest BCUT2D eigenvalue weighted by Gasteiger charge is -2.05. The maximum Gasteiger partial charge on any atom is 0.251 e. The average Bonchev–Trinajstić information content (AvgIpc) is 3.21. The molecule has 0 bridgehead atoms. The first-order valence-electron chi connectivity index (χ1n) is 8.47. The molecule has 0 aliphatic carbocycles. The number of carbonyl (C=O) groups is 1. The lowest BCUT2D eigenvalue weighted by molar-refractivity contribution is 0.0953. The number of imidazole rings is 1. The van der Waals surface area contributed by atoms with E-state index in [0.717, 1.165) is 40.6 Å². The van der Waals surface area contributed by atoms with E-state index < -0.39 is 0 Å². The summed E-state index contributed by atoms with van der Waals surface area (Å²) in [5, 5.41) is 4.13. The van der Waals surface area contributed by atoms with Crippen molar-refractivity contribution >= 4 is 27.8 Å². The smallest absolute Gasteiger partial charge is 0.251 e. The highest BCUT2D eigenvalue weighted by Gasteiger charge is 2.08. The van der Waals surface area contributed by atoms with E-state index in [0.29, 0.717) is 12.1 Å². The summed E-state index contributed by atoms with van der Waals surface area (Å²) in [6.45, 7) is 0.626. The van der Waals surface area contributed by atoms with Gasteiger partial charge in [0, 0.05) is 37.3 Å². The molecule has 0 unspecified atom stereocenters. The van der Waals surface area contributed by atoms with Gasteiger partial charge in [-0.15, -0.1) is 0 Å². The Balaban J connectivity index is 1.34. The van der Waals surface area contributed by atoms with Crippen molar-refractivity contribution in [3.8, 4) is 0 Å². The van der Waals surface area contributed by atoms with Gasteiger partial charge in [-0.3, -0.25) is 4.79 Å². The Kier molecular flexibility index (Phi) is 3.98. The molecule has 2 aromatic heterocycles. The Morgan fingerprint density at radius 2 is 2.08 bits per heavy atom. The van der Waals surface area contributed by atoms with Gasteiger partial charge < -0.3 is 14.9 Å². The van der Waals surface area contributed by atoms with E-state index in [2.05, 4.69) is 15.3 Å². The number of rotatable bonds is 5. The van der Waals surface area contributed by atoms with Crippen LogP contribution in [-0.2, 0) is 13.5 Å². The van der Waals surface area contributed by atoms with Crippen LogP contribution in [0.1, 0.15) is 22.6 Å². The first-order chi connectivity index (χ1) is 12.2. The first-order valence-corrected chi connectivity index (χ1v) is 8.47. The van der Waals surface area contributed by atoms with Crippen LogP contribution in [0.4, 0.5) is 0 Å². The van der Waals surface area contributed by atoms with Gasteiger partial charge in [0.1, 0.15) is 5.82 Å². The Bertz CT molecular complexity index is 1010. The number of nitrogens with zero attached hydrogens (tertiary/aromatic N) is 2. The molecular weight excluding hydrogens is 312 g/mol. The van der Waals surface area contributed by atoms with Crippen LogP contribution in [0.15, 0.2) is 54.7 Å². The number of hydrogen-bond acceptors (Lipinski definition) is 2. The molecule has 0 spiro atoms. The summed E-state index contributed by atoms with van der Waals surface area (Å²) >= 11 is 0. The zero-order valence-corrected chi connectivity index (χ0v) is 14.1.